The average Bonchev–Trinajstić information content (AvgIpc) is 2.57. The molecule has 0 fully saturated rings. The lowest BCUT2D eigenvalue weighted by molar-refractivity contribution is 0.0670. The zero-order valence-corrected chi connectivity index (χ0v) is 10.7. The summed E-state index contributed by atoms with van der Waals surface area (Å²) in [7, 11) is 1.89. The summed E-state index contributed by atoms with van der Waals surface area (Å²) in [4.78, 5) is 4.47. The number of aromatic nitrogens is 2. The summed E-state index contributed by atoms with van der Waals surface area (Å²) in [5.41, 5.74) is 6.29. The fraction of sp³-hybridized carbons (Fsp3) is 0.417. The van der Waals surface area contributed by atoms with Crippen LogP contribution in [0.2, 0.25) is 5.02 Å². The molecule has 0 saturated heterocycles. The molecular formula is C12H16ClN3O. The summed E-state index contributed by atoms with van der Waals surface area (Å²) in [6.07, 6.45) is 0.408. The van der Waals surface area contributed by atoms with Crippen molar-refractivity contribution in [3.8, 4) is 0 Å². The smallest absolute Gasteiger partial charge is 0.112 e. The van der Waals surface area contributed by atoms with Crippen LogP contribution in [0.1, 0.15) is 12.7 Å². The SMILES string of the molecule is Cn1c(CC(C)(O)CN)nc2cccc(Cl)c21. The van der Waals surface area contributed by atoms with Crippen molar-refractivity contribution in [2.24, 2.45) is 12.8 Å². The van der Waals surface area contributed by atoms with Gasteiger partial charge in [0.15, 0.2) is 0 Å². The molecule has 3 N–H and O–H groups in total. The van der Waals surface area contributed by atoms with Crippen LogP contribution >= 0.6 is 11.6 Å². The molecule has 5 heteroatoms. The summed E-state index contributed by atoms with van der Waals surface area (Å²) in [5, 5.41) is 10.6. The maximum Gasteiger partial charge on any atom is 0.112 e. The Morgan fingerprint density at radius 3 is 2.82 bits per heavy atom. The second-order valence-electron chi connectivity index (χ2n) is 4.57. The fourth-order valence-corrected chi connectivity index (χ4v) is 2.14. The van der Waals surface area contributed by atoms with E-state index in [1.54, 1.807) is 6.92 Å². The molecule has 0 saturated carbocycles. The maximum atomic E-state index is 9.98. The highest BCUT2D eigenvalue weighted by Crippen LogP contribution is 2.24. The Labute approximate surface area is 105 Å². The van der Waals surface area contributed by atoms with Gasteiger partial charge in [0.25, 0.3) is 0 Å². The Morgan fingerprint density at radius 2 is 2.24 bits per heavy atom. The Bertz CT molecular complexity index is 548. The second-order valence-corrected chi connectivity index (χ2v) is 4.98. The summed E-state index contributed by atoms with van der Waals surface area (Å²) >= 11 is 6.13. The highest BCUT2D eigenvalue weighted by Gasteiger charge is 2.22. The minimum atomic E-state index is -0.943. The number of fused-ring (bicyclic) bond motifs is 1. The summed E-state index contributed by atoms with van der Waals surface area (Å²) in [5.74, 6) is 0.781. The van der Waals surface area contributed by atoms with Crippen LogP contribution in [-0.2, 0) is 13.5 Å². The van der Waals surface area contributed by atoms with E-state index in [-0.39, 0.29) is 6.54 Å². The van der Waals surface area contributed by atoms with Gasteiger partial charge >= 0.3 is 0 Å². The van der Waals surface area contributed by atoms with Gasteiger partial charge in [-0.15, -0.1) is 0 Å². The van der Waals surface area contributed by atoms with Gasteiger partial charge in [-0.25, -0.2) is 4.98 Å². The van der Waals surface area contributed by atoms with Gasteiger partial charge in [0.2, 0.25) is 0 Å². The molecule has 0 amide bonds. The normalized spacial score (nSPS) is 15.1. The topological polar surface area (TPSA) is 64.1 Å². The van der Waals surface area contributed by atoms with E-state index >= 15 is 0 Å². The lowest BCUT2D eigenvalue weighted by Crippen LogP contribution is -2.37. The van der Waals surface area contributed by atoms with Gasteiger partial charge in [-0.2, -0.15) is 0 Å². The van der Waals surface area contributed by atoms with Crippen molar-refractivity contribution in [1.29, 1.82) is 0 Å². The van der Waals surface area contributed by atoms with Crippen LogP contribution in [-0.4, -0.2) is 26.8 Å². The minimum absolute atomic E-state index is 0.198. The first-order valence-electron chi connectivity index (χ1n) is 5.47. The number of halogens is 1. The van der Waals surface area contributed by atoms with Crippen molar-refractivity contribution in [1.82, 2.24) is 9.55 Å². The predicted octanol–water partition coefficient (Wildman–Crippen LogP) is 1.48. The molecule has 1 aromatic carbocycles. The Hall–Kier alpha value is -1.10. The highest BCUT2D eigenvalue weighted by atomic mass is 35.5. The number of benzene rings is 1. The molecule has 2 aromatic rings. The van der Waals surface area contributed by atoms with E-state index in [9.17, 15) is 5.11 Å². The molecule has 1 aromatic heterocycles. The van der Waals surface area contributed by atoms with Crippen molar-refractivity contribution in [2.75, 3.05) is 6.54 Å². The van der Waals surface area contributed by atoms with E-state index in [4.69, 9.17) is 17.3 Å². The number of hydrogen-bond donors (Lipinski definition) is 2. The molecule has 0 aliphatic rings. The predicted molar refractivity (Wildman–Crippen MR) is 69.1 cm³/mol. The fourth-order valence-electron chi connectivity index (χ4n) is 1.84. The number of nitrogens with zero attached hydrogens (tertiary/aromatic N) is 2. The molecule has 17 heavy (non-hydrogen) atoms. The van der Waals surface area contributed by atoms with Gasteiger partial charge in [0, 0.05) is 20.0 Å². The number of rotatable bonds is 3. The average molecular weight is 254 g/mol. The number of imidazole rings is 1. The first-order valence-corrected chi connectivity index (χ1v) is 5.85. The van der Waals surface area contributed by atoms with E-state index in [0.29, 0.717) is 11.4 Å². The molecule has 4 nitrogen and oxygen atoms in total. The molecule has 0 aliphatic carbocycles. The molecule has 1 heterocycles. The van der Waals surface area contributed by atoms with Crippen molar-refractivity contribution in [3.63, 3.8) is 0 Å². The summed E-state index contributed by atoms with van der Waals surface area (Å²) in [6.45, 7) is 1.90. The van der Waals surface area contributed by atoms with E-state index in [1.807, 2.05) is 29.8 Å². The standard InChI is InChI=1S/C12H16ClN3O/c1-12(17,7-14)6-10-15-9-5-3-4-8(13)11(9)16(10)2/h3-5,17H,6-7,14H2,1-2H3. The van der Waals surface area contributed by atoms with E-state index < -0.39 is 5.60 Å². The third kappa shape index (κ3) is 2.29. The number of hydrogen-bond acceptors (Lipinski definition) is 3. The van der Waals surface area contributed by atoms with E-state index in [1.165, 1.54) is 0 Å². The van der Waals surface area contributed by atoms with Gasteiger partial charge in [-0.3, -0.25) is 0 Å². The number of aryl methyl sites for hydroxylation is 1. The van der Waals surface area contributed by atoms with Gasteiger partial charge in [0.1, 0.15) is 5.82 Å². The van der Waals surface area contributed by atoms with Gasteiger partial charge in [0.05, 0.1) is 21.7 Å². The Balaban J connectivity index is 2.50. The van der Waals surface area contributed by atoms with Gasteiger partial charge in [-0.05, 0) is 19.1 Å². The lowest BCUT2D eigenvalue weighted by Gasteiger charge is -2.20. The Morgan fingerprint density at radius 1 is 1.53 bits per heavy atom. The summed E-state index contributed by atoms with van der Waals surface area (Å²) < 4.78 is 1.90. The Kier molecular flexibility index (Phi) is 3.12. The van der Waals surface area contributed by atoms with Crippen LogP contribution in [0.4, 0.5) is 0 Å². The zero-order valence-electron chi connectivity index (χ0n) is 9.94. The third-order valence-electron chi connectivity index (χ3n) is 2.92. The maximum absolute atomic E-state index is 9.98. The molecule has 2 rings (SSSR count). The molecule has 0 radical (unpaired) electrons. The van der Waals surface area contributed by atoms with E-state index in [2.05, 4.69) is 4.98 Å². The van der Waals surface area contributed by atoms with Crippen molar-refractivity contribution in [3.05, 3.63) is 29.0 Å². The molecule has 1 atom stereocenters. The number of para-hydroxylation sites is 1. The molecular weight excluding hydrogens is 238 g/mol. The third-order valence-corrected chi connectivity index (χ3v) is 3.22. The number of aliphatic hydroxyl groups is 1. The minimum Gasteiger partial charge on any atom is -0.388 e. The molecule has 0 aliphatic heterocycles. The summed E-state index contributed by atoms with van der Waals surface area (Å²) in [6, 6.07) is 5.60. The first-order chi connectivity index (χ1) is 7.94. The van der Waals surface area contributed by atoms with Crippen LogP contribution in [0.15, 0.2) is 18.2 Å². The molecule has 92 valence electrons. The molecule has 0 spiro atoms. The first kappa shape index (κ1) is 12.4. The van der Waals surface area contributed by atoms with Gasteiger partial charge in [-0.1, -0.05) is 17.7 Å². The second kappa shape index (κ2) is 4.29. The van der Waals surface area contributed by atoms with Crippen LogP contribution in [0.25, 0.3) is 11.0 Å². The van der Waals surface area contributed by atoms with Gasteiger partial charge < -0.3 is 15.4 Å². The molecule has 0 bridgehead atoms. The number of nitrogens with two attached hydrogens (primary N) is 1. The highest BCUT2D eigenvalue weighted by molar-refractivity contribution is 6.35. The largest absolute Gasteiger partial charge is 0.388 e. The zero-order chi connectivity index (χ0) is 12.6. The van der Waals surface area contributed by atoms with Crippen molar-refractivity contribution in [2.45, 2.75) is 18.9 Å². The van der Waals surface area contributed by atoms with Crippen LogP contribution in [0.5, 0.6) is 0 Å². The lowest BCUT2D eigenvalue weighted by atomic mass is 10.0. The quantitative estimate of drug-likeness (QED) is 0.871. The van der Waals surface area contributed by atoms with Crippen molar-refractivity contribution < 1.29 is 5.11 Å². The molecule has 1 unspecified atom stereocenters. The van der Waals surface area contributed by atoms with Crippen molar-refractivity contribution >= 4 is 22.6 Å². The monoisotopic (exact) mass is 253 g/mol. The van der Waals surface area contributed by atoms with Crippen LogP contribution in [0, 0.1) is 0 Å². The van der Waals surface area contributed by atoms with E-state index in [0.717, 1.165) is 16.9 Å². The van der Waals surface area contributed by atoms with Crippen LogP contribution in [0.3, 0.4) is 0 Å². The van der Waals surface area contributed by atoms with Crippen LogP contribution < -0.4 is 5.73 Å².